The Balaban J connectivity index is 3.57. The van der Waals surface area contributed by atoms with Crippen LogP contribution in [0.4, 0.5) is 0 Å². The van der Waals surface area contributed by atoms with Gasteiger partial charge in [0.1, 0.15) is 0 Å². The minimum Gasteiger partial charge on any atom is -0.466 e. The van der Waals surface area contributed by atoms with Gasteiger partial charge in [-0.25, -0.2) is 0 Å². The van der Waals surface area contributed by atoms with Crippen molar-refractivity contribution in [2.75, 3.05) is 19.7 Å². The third-order valence-corrected chi connectivity index (χ3v) is 1.98. The summed E-state index contributed by atoms with van der Waals surface area (Å²) in [5.74, 6) is -0.869. The van der Waals surface area contributed by atoms with E-state index >= 15 is 0 Å². The molecule has 0 saturated heterocycles. The molecule has 0 unspecified atom stereocenters. The van der Waals surface area contributed by atoms with Crippen molar-refractivity contribution in [1.29, 1.82) is 0 Å². The first-order chi connectivity index (χ1) is 8.47. The zero-order chi connectivity index (χ0) is 14.0. The van der Waals surface area contributed by atoms with Crippen molar-refractivity contribution >= 4 is 17.8 Å². The third kappa shape index (κ3) is 8.32. The van der Waals surface area contributed by atoms with Gasteiger partial charge < -0.3 is 15.4 Å². The zero-order valence-corrected chi connectivity index (χ0v) is 10.9. The number of hydrogen-bond donors (Lipinski definition) is 2. The predicted octanol–water partition coefficient (Wildman–Crippen LogP) is 0.138. The normalized spacial score (nSPS) is 9.44. The van der Waals surface area contributed by atoms with Gasteiger partial charge in [0.2, 0.25) is 11.8 Å². The molecule has 0 atom stereocenters. The Morgan fingerprint density at radius 3 is 2.28 bits per heavy atom. The van der Waals surface area contributed by atoms with Gasteiger partial charge >= 0.3 is 5.97 Å². The summed E-state index contributed by atoms with van der Waals surface area (Å²) >= 11 is 0. The van der Waals surface area contributed by atoms with Crippen LogP contribution in [-0.4, -0.2) is 37.5 Å². The molecule has 6 nitrogen and oxygen atoms in total. The summed E-state index contributed by atoms with van der Waals surface area (Å²) in [7, 11) is 0. The molecule has 0 aromatic heterocycles. The number of hydrogen-bond acceptors (Lipinski definition) is 4. The maximum absolute atomic E-state index is 11.3. The molecule has 0 heterocycles. The molecule has 2 amide bonds. The molecule has 0 aromatic rings. The molecule has 102 valence electrons. The highest BCUT2D eigenvalue weighted by Crippen LogP contribution is 1.92. The Kier molecular flexibility index (Phi) is 8.26. The van der Waals surface area contributed by atoms with Crippen molar-refractivity contribution in [3.8, 4) is 0 Å². The first-order valence-corrected chi connectivity index (χ1v) is 5.83. The summed E-state index contributed by atoms with van der Waals surface area (Å²) < 4.78 is 4.69. The fourth-order valence-electron chi connectivity index (χ4n) is 1.07. The van der Waals surface area contributed by atoms with Gasteiger partial charge in [0, 0.05) is 25.1 Å². The zero-order valence-electron chi connectivity index (χ0n) is 10.9. The molecular weight excluding hydrogens is 236 g/mol. The summed E-state index contributed by atoms with van der Waals surface area (Å²) in [5, 5.41) is 5.16. The monoisotopic (exact) mass is 256 g/mol. The van der Waals surface area contributed by atoms with E-state index in [0.717, 1.165) is 0 Å². The highest BCUT2D eigenvalue weighted by molar-refractivity contribution is 5.92. The molecule has 0 aliphatic heterocycles. The SMILES string of the molecule is C=C(C)C(=O)NCCNC(=O)CCC(=O)OCC. The Morgan fingerprint density at radius 1 is 1.11 bits per heavy atom. The third-order valence-electron chi connectivity index (χ3n) is 1.98. The van der Waals surface area contributed by atoms with Gasteiger partial charge in [-0.1, -0.05) is 6.58 Å². The Labute approximate surface area is 107 Å². The van der Waals surface area contributed by atoms with E-state index in [1.165, 1.54) is 0 Å². The topological polar surface area (TPSA) is 84.5 Å². The lowest BCUT2D eigenvalue weighted by Crippen LogP contribution is -2.35. The number of rotatable bonds is 8. The molecule has 0 radical (unpaired) electrons. The lowest BCUT2D eigenvalue weighted by atomic mass is 10.3. The fraction of sp³-hybridized carbons (Fsp3) is 0.583. The van der Waals surface area contributed by atoms with E-state index in [9.17, 15) is 14.4 Å². The van der Waals surface area contributed by atoms with E-state index < -0.39 is 0 Å². The number of carbonyl (C=O) groups is 3. The van der Waals surface area contributed by atoms with Crippen LogP contribution in [0.5, 0.6) is 0 Å². The van der Waals surface area contributed by atoms with Crippen LogP contribution in [0, 0.1) is 0 Å². The summed E-state index contributed by atoms with van der Waals surface area (Å²) in [6.07, 6.45) is 0.158. The highest BCUT2D eigenvalue weighted by Gasteiger charge is 2.07. The molecule has 0 aliphatic rings. The maximum atomic E-state index is 11.3. The molecule has 0 bridgehead atoms. The molecule has 0 saturated carbocycles. The first-order valence-electron chi connectivity index (χ1n) is 5.83. The molecule has 6 heteroatoms. The van der Waals surface area contributed by atoms with Crippen LogP contribution in [0.1, 0.15) is 26.7 Å². The number of amides is 2. The molecule has 0 aromatic carbocycles. The summed E-state index contributed by atoms with van der Waals surface area (Å²) in [6.45, 7) is 7.76. The first kappa shape index (κ1) is 16.1. The van der Waals surface area contributed by atoms with Crippen LogP contribution in [0.25, 0.3) is 0 Å². The van der Waals surface area contributed by atoms with Crippen LogP contribution < -0.4 is 10.6 Å². The van der Waals surface area contributed by atoms with Crippen molar-refractivity contribution in [2.45, 2.75) is 26.7 Å². The smallest absolute Gasteiger partial charge is 0.306 e. The van der Waals surface area contributed by atoms with E-state index in [-0.39, 0.29) is 30.6 Å². The standard InChI is InChI=1S/C12H20N2O4/c1-4-18-11(16)6-5-10(15)13-7-8-14-12(17)9(2)3/h2,4-8H2,1,3H3,(H,13,15)(H,14,17). The van der Waals surface area contributed by atoms with Gasteiger partial charge in [-0.05, 0) is 13.8 Å². The molecule has 2 N–H and O–H groups in total. The van der Waals surface area contributed by atoms with Crippen LogP contribution in [0.15, 0.2) is 12.2 Å². The van der Waals surface area contributed by atoms with E-state index in [4.69, 9.17) is 4.74 Å². The Hall–Kier alpha value is -1.85. The van der Waals surface area contributed by atoms with Crippen LogP contribution in [0.2, 0.25) is 0 Å². The van der Waals surface area contributed by atoms with Gasteiger partial charge in [0.25, 0.3) is 0 Å². The summed E-state index contributed by atoms with van der Waals surface area (Å²) in [4.78, 5) is 33.3. The van der Waals surface area contributed by atoms with Gasteiger partial charge in [-0.15, -0.1) is 0 Å². The Bertz CT molecular complexity index is 326. The second-order valence-corrected chi connectivity index (χ2v) is 3.69. The minimum atomic E-state index is -0.386. The highest BCUT2D eigenvalue weighted by atomic mass is 16.5. The number of ether oxygens (including phenoxy) is 1. The average Bonchev–Trinajstić information content (AvgIpc) is 2.32. The second kappa shape index (κ2) is 9.21. The van der Waals surface area contributed by atoms with Crippen LogP contribution in [0.3, 0.4) is 0 Å². The fourth-order valence-corrected chi connectivity index (χ4v) is 1.07. The quantitative estimate of drug-likeness (QED) is 0.367. The minimum absolute atomic E-state index is 0.0673. The van der Waals surface area contributed by atoms with Gasteiger partial charge in [-0.2, -0.15) is 0 Å². The van der Waals surface area contributed by atoms with E-state index in [2.05, 4.69) is 17.2 Å². The molecule has 0 aliphatic carbocycles. The van der Waals surface area contributed by atoms with Crippen molar-refractivity contribution in [1.82, 2.24) is 10.6 Å². The maximum Gasteiger partial charge on any atom is 0.306 e. The van der Waals surface area contributed by atoms with Crippen molar-refractivity contribution < 1.29 is 19.1 Å². The van der Waals surface area contributed by atoms with Crippen LogP contribution in [-0.2, 0) is 19.1 Å². The van der Waals surface area contributed by atoms with Gasteiger partial charge in [0.05, 0.1) is 13.0 Å². The molecule has 18 heavy (non-hydrogen) atoms. The average molecular weight is 256 g/mol. The Morgan fingerprint density at radius 2 is 1.72 bits per heavy atom. The number of nitrogens with one attached hydrogen (secondary N) is 2. The number of carbonyl (C=O) groups excluding carboxylic acids is 3. The lowest BCUT2D eigenvalue weighted by molar-refractivity contribution is -0.144. The van der Waals surface area contributed by atoms with E-state index in [0.29, 0.717) is 25.3 Å². The predicted molar refractivity (Wildman–Crippen MR) is 66.7 cm³/mol. The van der Waals surface area contributed by atoms with Gasteiger partial charge in [-0.3, -0.25) is 14.4 Å². The van der Waals surface area contributed by atoms with Crippen molar-refractivity contribution in [3.63, 3.8) is 0 Å². The molecule has 0 rings (SSSR count). The molecular formula is C12H20N2O4. The lowest BCUT2D eigenvalue weighted by Gasteiger charge is -2.06. The van der Waals surface area contributed by atoms with Crippen molar-refractivity contribution in [2.24, 2.45) is 0 Å². The molecule has 0 spiro atoms. The number of esters is 1. The van der Waals surface area contributed by atoms with Crippen molar-refractivity contribution in [3.05, 3.63) is 12.2 Å². The second-order valence-electron chi connectivity index (χ2n) is 3.69. The summed E-state index contributed by atoms with van der Waals surface area (Å²) in [5.41, 5.74) is 0.420. The van der Waals surface area contributed by atoms with Gasteiger partial charge in [0.15, 0.2) is 0 Å². The van der Waals surface area contributed by atoms with Crippen LogP contribution >= 0.6 is 0 Å². The van der Waals surface area contributed by atoms with E-state index in [1.54, 1.807) is 13.8 Å². The molecule has 0 fully saturated rings. The summed E-state index contributed by atoms with van der Waals surface area (Å²) in [6, 6.07) is 0. The largest absolute Gasteiger partial charge is 0.466 e. The van der Waals surface area contributed by atoms with E-state index in [1.807, 2.05) is 0 Å².